The van der Waals surface area contributed by atoms with Crippen molar-refractivity contribution < 1.29 is 29.6 Å². The van der Waals surface area contributed by atoms with Gasteiger partial charge in [-0.05, 0) is 64.8 Å². The van der Waals surface area contributed by atoms with Gasteiger partial charge in [0, 0.05) is 6.54 Å². The molecule has 0 radical (unpaired) electrons. The fraction of sp³-hybridized carbons (Fsp3) is 0.414. The van der Waals surface area contributed by atoms with Crippen LogP contribution in [0.25, 0.3) is 0 Å². The number of rotatable bonds is 6. The van der Waals surface area contributed by atoms with Crippen molar-refractivity contribution in [2.75, 3.05) is 16.8 Å². The Kier molecular flexibility index (Phi) is 8.04. The molecule has 0 amide bonds. The highest BCUT2D eigenvalue weighted by Gasteiger charge is 2.44. The molecule has 2 aliphatic rings. The van der Waals surface area contributed by atoms with E-state index >= 15 is 0 Å². The SMILES string of the molecule is CC(C)=CCc1cccc2c1Nc1c(C(=O)O[C@@H]3O[C@@H](C)[C@H](O)[C@H](O)[C@@H]3O)cccc1N2CC=C(C)C. The number of carbonyl (C=O) groups excluding carboxylic acids is 1. The lowest BCUT2D eigenvalue weighted by molar-refractivity contribution is -0.276. The zero-order valence-corrected chi connectivity index (χ0v) is 21.9. The smallest absolute Gasteiger partial charge is 0.342 e. The van der Waals surface area contributed by atoms with Crippen molar-refractivity contribution in [2.45, 2.75) is 71.7 Å². The second-order valence-corrected chi connectivity index (χ2v) is 10.1. The van der Waals surface area contributed by atoms with Gasteiger partial charge in [0.1, 0.15) is 18.3 Å². The number of nitrogens with one attached hydrogen (secondary N) is 1. The molecule has 4 N–H and O–H groups in total. The molecule has 0 saturated carbocycles. The van der Waals surface area contributed by atoms with Crippen molar-refractivity contribution in [3.63, 3.8) is 0 Å². The molecule has 8 nitrogen and oxygen atoms in total. The van der Waals surface area contributed by atoms with Gasteiger partial charge < -0.3 is 35.0 Å². The van der Waals surface area contributed by atoms with Gasteiger partial charge >= 0.3 is 5.97 Å². The summed E-state index contributed by atoms with van der Waals surface area (Å²) in [5.41, 5.74) is 7.07. The molecule has 2 aromatic carbocycles. The lowest BCUT2D eigenvalue weighted by Gasteiger charge is -2.39. The first-order valence-electron chi connectivity index (χ1n) is 12.5. The van der Waals surface area contributed by atoms with Crippen molar-refractivity contribution in [1.29, 1.82) is 0 Å². The molecule has 8 heteroatoms. The number of fused-ring (bicyclic) bond motifs is 2. The van der Waals surface area contributed by atoms with Gasteiger partial charge in [0.05, 0.1) is 34.4 Å². The zero-order chi connectivity index (χ0) is 26.9. The van der Waals surface area contributed by atoms with E-state index in [4.69, 9.17) is 9.47 Å². The van der Waals surface area contributed by atoms with Crippen LogP contribution in [0, 0.1) is 0 Å². The van der Waals surface area contributed by atoms with Crippen molar-refractivity contribution in [3.8, 4) is 0 Å². The van der Waals surface area contributed by atoms with E-state index in [1.54, 1.807) is 19.1 Å². The van der Waals surface area contributed by atoms with Crippen molar-refractivity contribution in [1.82, 2.24) is 0 Å². The molecular formula is C29H36N2O6. The highest BCUT2D eigenvalue weighted by molar-refractivity contribution is 6.05. The van der Waals surface area contributed by atoms with Gasteiger partial charge in [-0.3, -0.25) is 0 Å². The third-order valence-electron chi connectivity index (χ3n) is 6.67. The Morgan fingerprint density at radius 3 is 2.27 bits per heavy atom. The second kappa shape index (κ2) is 11.1. The van der Waals surface area contributed by atoms with Crippen LogP contribution in [-0.2, 0) is 15.9 Å². The van der Waals surface area contributed by atoms with E-state index in [-0.39, 0.29) is 5.56 Å². The molecule has 1 saturated heterocycles. The molecule has 198 valence electrons. The van der Waals surface area contributed by atoms with Gasteiger partial charge in [0.25, 0.3) is 0 Å². The fourth-order valence-corrected chi connectivity index (χ4v) is 4.51. The average molecular weight is 509 g/mol. The van der Waals surface area contributed by atoms with Crippen LogP contribution in [0.15, 0.2) is 59.7 Å². The summed E-state index contributed by atoms with van der Waals surface area (Å²) in [7, 11) is 0. The normalized spacial score (nSPS) is 24.3. The van der Waals surface area contributed by atoms with E-state index in [0.29, 0.717) is 12.2 Å². The molecule has 0 spiro atoms. The van der Waals surface area contributed by atoms with Crippen molar-refractivity contribution >= 4 is 28.7 Å². The number of carbonyl (C=O) groups is 1. The minimum absolute atomic E-state index is 0.270. The number of allylic oxidation sites excluding steroid dienone is 3. The summed E-state index contributed by atoms with van der Waals surface area (Å²) in [4.78, 5) is 15.5. The minimum Gasteiger partial charge on any atom is -0.429 e. The van der Waals surface area contributed by atoms with E-state index in [0.717, 1.165) is 29.0 Å². The summed E-state index contributed by atoms with van der Waals surface area (Å²) in [6.07, 6.45) is -1.55. The zero-order valence-electron chi connectivity index (χ0n) is 21.9. The number of benzene rings is 2. The standard InChI is InChI=1S/C29H36N2O6/c1-16(2)12-13-19-8-6-10-21-23(19)30-24-20(9-7-11-22(24)31(21)15-14-17(3)4)28(35)37-29-27(34)26(33)25(32)18(5)36-29/h6-12,14,18,25-27,29-30,32-34H,13,15H2,1-5H3/t18-,25-,26-,27-,29-/m0/s1. The number of anilines is 4. The Labute approximate surface area is 217 Å². The van der Waals surface area contributed by atoms with Crippen LogP contribution in [0.2, 0.25) is 0 Å². The first-order valence-corrected chi connectivity index (χ1v) is 12.5. The van der Waals surface area contributed by atoms with Crippen LogP contribution in [0.1, 0.15) is 50.5 Å². The van der Waals surface area contributed by atoms with Crippen LogP contribution in [0.3, 0.4) is 0 Å². The predicted octanol–water partition coefficient (Wildman–Crippen LogP) is 4.34. The number of nitrogens with zero attached hydrogens (tertiary/aromatic N) is 1. The summed E-state index contributed by atoms with van der Waals surface area (Å²) in [6.45, 7) is 10.4. The Hall–Kier alpha value is -3.17. The summed E-state index contributed by atoms with van der Waals surface area (Å²) >= 11 is 0. The van der Waals surface area contributed by atoms with E-state index in [1.807, 2.05) is 26.0 Å². The van der Waals surface area contributed by atoms with Crippen molar-refractivity contribution in [2.24, 2.45) is 0 Å². The number of ether oxygens (including phenoxy) is 2. The molecule has 4 rings (SSSR count). The van der Waals surface area contributed by atoms with E-state index in [9.17, 15) is 20.1 Å². The van der Waals surface area contributed by atoms with Gasteiger partial charge in [-0.2, -0.15) is 0 Å². The molecule has 0 aromatic heterocycles. The maximum Gasteiger partial charge on any atom is 0.342 e. The third kappa shape index (κ3) is 5.57. The lowest BCUT2D eigenvalue weighted by Crippen LogP contribution is -2.57. The maximum absolute atomic E-state index is 13.4. The molecule has 0 bridgehead atoms. The Morgan fingerprint density at radius 1 is 0.946 bits per heavy atom. The first-order chi connectivity index (χ1) is 17.6. The molecule has 2 aromatic rings. The Morgan fingerprint density at radius 2 is 1.59 bits per heavy atom. The van der Waals surface area contributed by atoms with Gasteiger partial charge in [-0.25, -0.2) is 4.79 Å². The number of para-hydroxylation sites is 2. The van der Waals surface area contributed by atoms with Crippen LogP contribution < -0.4 is 10.2 Å². The van der Waals surface area contributed by atoms with E-state index in [1.165, 1.54) is 11.1 Å². The third-order valence-corrected chi connectivity index (χ3v) is 6.67. The molecule has 2 aliphatic heterocycles. The molecule has 5 atom stereocenters. The highest BCUT2D eigenvalue weighted by Crippen LogP contribution is 2.47. The second-order valence-electron chi connectivity index (χ2n) is 10.1. The quantitative estimate of drug-likeness (QED) is 0.337. The van der Waals surface area contributed by atoms with Gasteiger partial charge in [0.15, 0.2) is 0 Å². The number of esters is 1. The number of aliphatic hydroxyl groups excluding tert-OH is 3. The van der Waals surface area contributed by atoms with Gasteiger partial charge in [-0.1, -0.05) is 41.5 Å². The van der Waals surface area contributed by atoms with Gasteiger partial charge in [0.2, 0.25) is 6.29 Å². The summed E-state index contributed by atoms with van der Waals surface area (Å²) in [5.74, 6) is -0.711. The number of hydrogen-bond acceptors (Lipinski definition) is 8. The minimum atomic E-state index is -1.58. The number of hydrogen-bond donors (Lipinski definition) is 4. The monoisotopic (exact) mass is 508 g/mol. The largest absolute Gasteiger partial charge is 0.429 e. The summed E-state index contributed by atoms with van der Waals surface area (Å²) in [5, 5.41) is 33.9. The maximum atomic E-state index is 13.4. The molecular weight excluding hydrogens is 472 g/mol. The molecule has 1 fully saturated rings. The summed E-state index contributed by atoms with van der Waals surface area (Å²) < 4.78 is 11.0. The predicted molar refractivity (Wildman–Crippen MR) is 144 cm³/mol. The Balaban J connectivity index is 1.73. The average Bonchev–Trinajstić information content (AvgIpc) is 2.86. The Bertz CT molecular complexity index is 1210. The van der Waals surface area contributed by atoms with E-state index in [2.05, 4.69) is 48.3 Å². The van der Waals surface area contributed by atoms with E-state index < -0.39 is 36.7 Å². The summed E-state index contributed by atoms with van der Waals surface area (Å²) in [6, 6.07) is 11.5. The lowest BCUT2D eigenvalue weighted by atomic mass is 9.99. The van der Waals surface area contributed by atoms with Crippen LogP contribution >= 0.6 is 0 Å². The highest BCUT2D eigenvalue weighted by atomic mass is 16.7. The topological polar surface area (TPSA) is 111 Å². The molecule has 0 aliphatic carbocycles. The fourth-order valence-electron chi connectivity index (χ4n) is 4.51. The molecule has 37 heavy (non-hydrogen) atoms. The van der Waals surface area contributed by atoms with Crippen molar-refractivity contribution in [3.05, 3.63) is 70.8 Å². The van der Waals surface area contributed by atoms with Crippen LogP contribution in [-0.4, -0.2) is 58.5 Å². The van der Waals surface area contributed by atoms with Crippen LogP contribution in [0.5, 0.6) is 0 Å². The first kappa shape index (κ1) is 26.9. The van der Waals surface area contributed by atoms with Gasteiger partial charge in [-0.15, -0.1) is 0 Å². The molecule has 2 heterocycles. The van der Waals surface area contributed by atoms with Crippen LogP contribution in [0.4, 0.5) is 22.7 Å². The number of aliphatic hydroxyl groups is 3. The molecule has 0 unspecified atom stereocenters.